The average molecular weight is 330 g/mol. The van der Waals surface area contributed by atoms with Gasteiger partial charge in [0.25, 0.3) is 0 Å². The molecule has 4 heteroatoms. The molecule has 2 aromatic carbocycles. The molecule has 0 heterocycles. The van der Waals surface area contributed by atoms with E-state index in [0.717, 1.165) is 10.0 Å². The van der Waals surface area contributed by atoms with Crippen LogP contribution in [-0.2, 0) is 0 Å². The molecule has 0 N–H and O–H groups in total. The van der Waals surface area contributed by atoms with Crippen LogP contribution in [0, 0.1) is 5.82 Å². The second-order valence-electron chi connectivity index (χ2n) is 3.80. The van der Waals surface area contributed by atoms with Gasteiger partial charge in [-0.05, 0) is 35.9 Å². The van der Waals surface area contributed by atoms with Crippen molar-refractivity contribution < 1.29 is 9.13 Å². The van der Waals surface area contributed by atoms with Crippen molar-refractivity contribution in [3.63, 3.8) is 0 Å². The second kappa shape index (κ2) is 5.72. The van der Waals surface area contributed by atoms with Gasteiger partial charge in [0, 0.05) is 10.0 Å². The summed E-state index contributed by atoms with van der Waals surface area (Å²) < 4.78 is 19.5. The minimum atomic E-state index is -0.441. The first-order chi connectivity index (χ1) is 8.61. The standard InChI is InChI=1S/C14H11BrClFO/c1-18-13-7-6-11(17)8-12(13)14(16)9-2-4-10(15)5-3-9/h2-8,14H,1H3. The molecule has 0 amide bonds. The fourth-order valence-corrected chi connectivity index (χ4v) is 2.29. The van der Waals surface area contributed by atoms with Gasteiger partial charge in [-0.15, -0.1) is 11.6 Å². The van der Waals surface area contributed by atoms with Crippen LogP contribution in [0.5, 0.6) is 5.75 Å². The molecule has 0 fully saturated rings. The Labute approximate surface area is 119 Å². The van der Waals surface area contributed by atoms with E-state index in [4.69, 9.17) is 16.3 Å². The summed E-state index contributed by atoms with van der Waals surface area (Å²) in [5, 5.41) is -0.441. The monoisotopic (exact) mass is 328 g/mol. The number of ether oxygens (including phenoxy) is 1. The summed E-state index contributed by atoms with van der Waals surface area (Å²) in [4.78, 5) is 0. The van der Waals surface area contributed by atoms with Gasteiger partial charge in [0.15, 0.2) is 0 Å². The number of hydrogen-bond donors (Lipinski definition) is 0. The maximum absolute atomic E-state index is 13.3. The Morgan fingerprint density at radius 3 is 2.44 bits per heavy atom. The number of alkyl halides is 1. The lowest BCUT2D eigenvalue weighted by Gasteiger charge is -2.14. The summed E-state index contributed by atoms with van der Waals surface area (Å²) in [7, 11) is 1.54. The first-order valence-corrected chi connectivity index (χ1v) is 6.57. The first kappa shape index (κ1) is 13.4. The van der Waals surface area contributed by atoms with E-state index in [2.05, 4.69) is 15.9 Å². The van der Waals surface area contributed by atoms with Gasteiger partial charge in [0.1, 0.15) is 11.6 Å². The molecule has 1 atom stereocenters. The fraction of sp³-hybridized carbons (Fsp3) is 0.143. The summed E-state index contributed by atoms with van der Waals surface area (Å²) in [6.07, 6.45) is 0. The van der Waals surface area contributed by atoms with E-state index in [1.54, 1.807) is 13.2 Å². The highest BCUT2D eigenvalue weighted by Crippen LogP contribution is 2.35. The zero-order chi connectivity index (χ0) is 13.1. The molecule has 0 radical (unpaired) electrons. The van der Waals surface area contributed by atoms with E-state index in [1.807, 2.05) is 24.3 Å². The minimum absolute atomic E-state index is 0.325. The van der Waals surface area contributed by atoms with Crippen molar-refractivity contribution >= 4 is 27.5 Å². The SMILES string of the molecule is COc1ccc(F)cc1C(Cl)c1ccc(Br)cc1. The van der Waals surface area contributed by atoms with Crippen LogP contribution < -0.4 is 4.74 Å². The van der Waals surface area contributed by atoms with E-state index in [0.29, 0.717) is 11.3 Å². The highest BCUT2D eigenvalue weighted by atomic mass is 79.9. The smallest absolute Gasteiger partial charge is 0.124 e. The number of benzene rings is 2. The van der Waals surface area contributed by atoms with Gasteiger partial charge >= 0.3 is 0 Å². The molecule has 0 saturated heterocycles. The van der Waals surface area contributed by atoms with Gasteiger partial charge in [-0.2, -0.15) is 0 Å². The lowest BCUT2D eigenvalue weighted by atomic mass is 10.0. The Kier molecular flexibility index (Phi) is 4.25. The van der Waals surface area contributed by atoms with Gasteiger partial charge in [-0.3, -0.25) is 0 Å². The van der Waals surface area contributed by atoms with Crippen molar-refractivity contribution in [3.8, 4) is 5.75 Å². The molecule has 0 aliphatic carbocycles. The topological polar surface area (TPSA) is 9.23 Å². The molecule has 0 aliphatic heterocycles. The highest BCUT2D eigenvalue weighted by Gasteiger charge is 2.16. The van der Waals surface area contributed by atoms with Crippen LogP contribution in [0.15, 0.2) is 46.9 Å². The summed E-state index contributed by atoms with van der Waals surface area (Å²) >= 11 is 9.74. The fourth-order valence-electron chi connectivity index (χ4n) is 1.71. The summed E-state index contributed by atoms with van der Waals surface area (Å²) in [5.74, 6) is 0.257. The van der Waals surface area contributed by atoms with Gasteiger partial charge in [0.2, 0.25) is 0 Å². The molecule has 94 valence electrons. The summed E-state index contributed by atoms with van der Waals surface area (Å²) in [6, 6.07) is 11.9. The molecule has 1 nitrogen and oxygen atoms in total. The molecule has 1 unspecified atom stereocenters. The van der Waals surface area contributed by atoms with Crippen LogP contribution >= 0.6 is 27.5 Å². The molecule has 0 saturated carbocycles. The molecule has 0 bridgehead atoms. The van der Waals surface area contributed by atoms with Crippen LogP contribution in [0.3, 0.4) is 0 Å². The van der Waals surface area contributed by atoms with Crippen molar-refractivity contribution in [1.29, 1.82) is 0 Å². The summed E-state index contributed by atoms with van der Waals surface area (Å²) in [5.41, 5.74) is 1.52. The lowest BCUT2D eigenvalue weighted by Crippen LogP contribution is -1.98. The van der Waals surface area contributed by atoms with Crippen LogP contribution in [-0.4, -0.2) is 7.11 Å². The van der Waals surface area contributed by atoms with Crippen LogP contribution in [0.25, 0.3) is 0 Å². The molecule has 0 aliphatic rings. The maximum atomic E-state index is 13.3. The number of rotatable bonds is 3. The van der Waals surface area contributed by atoms with E-state index in [9.17, 15) is 4.39 Å². The zero-order valence-corrected chi connectivity index (χ0v) is 12.0. The Morgan fingerprint density at radius 1 is 1.17 bits per heavy atom. The van der Waals surface area contributed by atoms with Gasteiger partial charge in [-0.25, -0.2) is 4.39 Å². The molecule has 0 spiro atoms. The molecular formula is C14H11BrClFO. The molecular weight excluding hydrogens is 319 g/mol. The molecule has 18 heavy (non-hydrogen) atoms. The van der Waals surface area contributed by atoms with Crippen molar-refractivity contribution in [3.05, 3.63) is 63.9 Å². The largest absolute Gasteiger partial charge is 0.496 e. The van der Waals surface area contributed by atoms with Gasteiger partial charge < -0.3 is 4.74 Å². The maximum Gasteiger partial charge on any atom is 0.124 e. The van der Waals surface area contributed by atoms with E-state index in [-0.39, 0.29) is 5.82 Å². The third kappa shape index (κ3) is 2.85. The Bertz CT molecular complexity index is 542. The minimum Gasteiger partial charge on any atom is -0.496 e. The van der Waals surface area contributed by atoms with E-state index in [1.165, 1.54) is 12.1 Å². The van der Waals surface area contributed by atoms with Crippen LogP contribution in [0.1, 0.15) is 16.5 Å². The average Bonchev–Trinajstić information content (AvgIpc) is 2.39. The van der Waals surface area contributed by atoms with Crippen molar-refractivity contribution in [1.82, 2.24) is 0 Å². The van der Waals surface area contributed by atoms with Crippen molar-refractivity contribution in [2.45, 2.75) is 5.38 Å². The normalized spacial score (nSPS) is 12.2. The number of hydrogen-bond acceptors (Lipinski definition) is 1. The Balaban J connectivity index is 2.41. The highest BCUT2D eigenvalue weighted by molar-refractivity contribution is 9.10. The van der Waals surface area contributed by atoms with Gasteiger partial charge in [-0.1, -0.05) is 28.1 Å². The Hall–Kier alpha value is -1.06. The molecule has 0 aromatic heterocycles. The van der Waals surface area contributed by atoms with E-state index >= 15 is 0 Å². The molecule has 2 rings (SSSR count). The number of methoxy groups -OCH3 is 1. The second-order valence-corrected chi connectivity index (χ2v) is 5.15. The van der Waals surface area contributed by atoms with Crippen LogP contribution in [0.2, 0.25) is 0 Å². The predicted octanol–water partition coefficient (Wildman–Crippen LogP) is 4.93. The first-order valence-electron chi connectivity index (χ1n) is 5.35. The quantitative estimate of drug-likeness (QED) is 0.726. The lowest BCUT2D eigenvalue weighted by molar-refractivity contribution is 0.409. The third-order valence-electron chi connectivity index (χ3n) is 2.63. The molecule has 2 aromatic rings. The zero-order valence-electron chi connectivity index (χ0n) is 9.66. The van der Waals surface area contributed by atoms with Crippen molar-refractivity contribution in [2.75, 3.05) is 7.11 Å². The number of halogens is 3. The predicted molar refractivity (Wildman–Crippen MR) is 74.8 cm³/mol. The Morgan fingerprint density at radius 2 is 1.83 bits per heavy atom. The van der Waals surface area contributed by atoms with Crippen molar-refractivity contribution in [2.24, 2.45) is 0 Å². The van der Waals surface area contributed by atoms with Gasteiger partial charge in [0.05, 0.1) is 12.5 Å². The van der Waals surface area contributed by atoms with Crippen LogP contribution in [0.4, 0.5) is 4.39 Å². The van der Waals surface area contributed by atoms with E-state index < -0.39 is 5.38 Å². The third-order valence-corrected chi connectivity index (χ3v) is 3.64. The summed E-state index contributed by atoms with van der Waals surface area (Å²) in [6.45, 7) is 0.